The van der Waals surface area contributed by atoms with E-state index in [0.29, 0.717) is 11.1 Å². The summed E-state index contributed by atoms with van der Waals surface area (Å²) in [6.07, 6.45) is 2.79. The summed E-state index contributed by atoms with van der Waals surface area (Å²) >= 11 is 5.81. The summed E-state index contributed by atoms with van der Waals surface area (Å²) < 4.78 is 26.0. The molecule has 0 saturated heterocycles. The van der Waals surface area contributed by atoms with Crippen molar-refractivity contribution in [2.75, 3.05) is 5.32 Å². The van der Waals surface area contributed by atoms with Crippen molar-refractivity contribution in [2.24, 2.45) is 0 Å². The molecule has 20 heavy (non-hydrogen) atoms. The number of carbonyl (C=O) groups excluding carboxylic acids is 1. The van der Waals surface area contributed by atoms with Crippen molar-refractivity contribution in [1.29, 1.82) is 0 Å². The van der Waals surface area contributed by atoms with Crippen molar-refractivity contribution < 1.29 is 13.6 Å². The summed E-state index contributed by atoms with van der Waals surface area (Å²) in [6.45, 7) is 0. The Labute approximate surface area is 119 Å². The first-order valence-electron chi connectivity index (χ1n) is 5.74. The highest BCUT2D eigenvalue weighted by Crippen LogP contribution is 2.15. The second-order valence-corrected chi connectivity index (χ2v) is 4.44. The van der Waals surface area contributed by atoms with Gasteiger partial charge in [0, 0.05) is 17.2 Å². The largest absolute Gasteiger partial charge is 0.320 e. The van der Waals surface area contributed by atoms with Gasteiger partial charge in [0.1, 0.15) is 11.6 Å². The molecule has 0 aliphatic heterocycles. The number of carbonyl (C=O) groups is 1. The van der Waals surface area contributed by atoms with E-state index in [-0.39, 0.29) is 5.69 Å². The van der Waals surface area contributed by atoms with E-state index in [1.807, 2.05) is 0 Å². The van der Waals surface area contributed by atoms with Gasteiger partial charge in [0.25, 0.3) is 0 Å². The maximum atomic E-state index is 13.3. The number of anilines is 1. The van der Waals surface area contributed by atoms with Crippen LogP contribution < -0.4 is 5.32 Å². The fraction of sp³-hybridized carbons (Fsp3) is 0. The molecule has 1 N–H and O–H groups in total. The molecule has 0 heterocycles. The van der Waals surface area contributed by atoms with Gasteiger partial charge in [-0.15, -0.1) is 0 Å². The van der Waals surface area contributed by atoms with Crippen molar-refractivity contribution >= 4 is 29.3 Å². The molecule has 102 valence electrons. The van der Waals surface area contributed by atoms with Gasteiger partial charge >= 0.3 is 0 Å². The fourth-order valence-corrected chi connectivity index (χ4v) is 1.75. The standard InChI is InChI=1S/C15H10ClF2NO/c16-11-3-1-2-10(8-11)4-7-15(20)19-14-6-5-12(17)9-13(14)18/h1-9H,(H,19,20)/b7-4+. The molecule has 0 unspecified atom stereocenters. The molecular weight excluding hydrogens is 284 g/mol. The van der Waals surface area contributed by atoms with Crippen LogP contribution in [-0.4, -0.2) is 5.91 Å². The lowest BCUT2D eigenvalue weighted by Gasteiger charge is -2.03. The third kappa shape index (κ3) is 3.90. The molecule has 0 aliphatic rings. The molecule has 0 saturated carbocycles. The summed E-state index contributed by atoms with van der Waals surface area (Å²) in [4.78, 5) is 11.6. The molecule has 2 aromatic carbocycles. The molecule has 2 nitrogen and oxygen atoms in total. The molecule has 0 radical (unpaired) electrons. The number of halogens is 3. The average Bonchev–Trinajstić information content (AvgIpc) is 2.40. The fourth-order valence-electron chi connectivity index (χ4n) is 1.55. The maximum absolute atomic E-state index is 13.3. The first-order chi connectivity index (χ1) is 9.54. The quantitative estimate of drug-likeness (QED) is 0.841. The van der Waals surface area contributed by atoms with Gasteiger partial charge in [0.15, 0.2) is 0 Å². The molecule has 0 bridgehead atoms. The molecule has 0 fully saturated rings. The second kappa shape index (κ2) is 6.30. The van der Waals surface area contributed by atoms with E-state index in [2.05, 4.69) is 5.32 Å². The van der Waals surface area contributed by atoms with Gasteiger partial charge in [0.05, 0.1) is 5.69 Å². The lowest BCUT2D eigenvalue weighted by Crippen LogP contribution is -2.09. The normalized spacial score (nSPS) is 10.8. The third-order valence-electron chi connectivity index (χ3n) is 2.46. The zero-order chi connectivity index (χ0) is 14.5. The predicted octanol–water partition coefficient (Wildman–Crippen LogP) is 4.27. The van der Waals surface area contributed by atoms with E-state index in [1.165, 1.54) is 6.08 Å². The van der Waals surface area contributed by atoms with E-state index >= 15 is 0 Å². The summed E-state index contributed by atoms with van der Waals surface area (Å²) in [6, 6.07) is 9.86. The lowest BCUT2D eigenvalue weighted by atomic mass is 10.2. The Morgan fingerprint density at radius 2 is 1.95 bits per heavy atom. The van der Waals surface area contributed by atoms with Crippen molar-refractivity contribution in [2.45, 2.75) is 0 Å². The number of hydrogen-bond acceptors (Lipinski definition) is 1. The Balaban J connectivity index is 2.05. The molecule has 2 rings (SSSR count). The zero-order valence-electron chi connectivity index (χ0n) is 10.2. The lowest BCUT2D eigenvalue weighted by molar-refractivity contribution is -0.111. The van der Waals surface area contributed by atoms with Crippen LogP contribution in [0.1, 0.15) is 5.56 Å². The van der Waals surface area contributed by atoms with Crippen LogP contribution in [0.4, 0.5) is 14.5 Å². The second-order valence-electron chi connectivity index (χ2n) is 4.00. The van der Waals surface area contributed by atoms with Gasteiger partial charge in [-0.1, -0.05) is 23.7 Å². The first kappa shape index (κ1) is 14.2. The minimum atomic E-state index is -0.825. The van der Waals surface area contributed by atoms with Gasteiger partial charge in [0.2, 0.25) is 5.91 Å². The van der Waals surface area contributed by atoms with E-state index in [1.54, 1.807) is 30.3 Å². The Morgan fingerprint density at radius 3 is 2.65 bits per heavy atom. The van der Waals surface area contributed by atoms with Crippen LogP contribution in [0, 0.1) is 11.6 Å². The van der Waals surface area contributed by atoms with E-state index in [9.17, 15) is 13.6 Å². The van der Waals surface area contributed by atoms with Crippen LogP contribution in [0.25, 0.3) is 6.08 Å². The topological polar surface area (TPSA) is 29.1 Å². The SMILES string of the molecule is O=C(/C=C/c1cccc(Cl)c1)Nc1ccc(F)cc1F. The molecule has 0 atom stereocenters. The highest BCUT2D eigenvalue weighted by Gasteiger charge is 2.05. The average molecular weight is 294 g/mol. The van der Waals surface area contributed by atoms with Crippen LogP contribution in [0.3, 0.4) is 0 Å². The Kier molecular flexibility index (Phi) is 4.48. The Bertz CT molecular complexity index is 671. The summed E-state index contributed by atoms with van der Waals surface area (Å²) in [5, 5.41) is 2.87. The highest BCUT2D eigenvalue weighted by atomic mass is 35.5. The number of nitrogens with one attached hydrogen (secondary N) is 1. The molecule has 1 amide bonds. The minimum Gasteiger partial charge on any atom is -0.320 e. The van der Waals surface area contributed by atoms with Gasteiger partial charge in [-0.25, -0.2) is 8.78 Å². The van der Waals surface area contributed by atoms with Gasteiger partial charge in [-0.3, -0.25) is 4.79 Å². The third-order valence-corrected chi connectivity index (χ3v) is 2.70. The van der Waals surface area contributed by atoms with Crippen LogP contribution >= 0.6 is 11.6 Å². The molecule has 0 spiro atoms. The summed E-state index contributed by atoms with van der Waals surface area (Å²) in [7, 11) is 0. The Hall–Kier alpha value is -2.20. The number of hydrogen-bond donors (Lipinski definition) is 1. The van der Waals surface area contributed by atoms with Crippen LogP contribution in [0.5, 0.6) is 0 Å². The van der Waals surface area contributed by atoms with Crippen molar-refractivity contribution in [3.63, 3.8) is 0 Å². The molecular formula is C15H10ClF2NO. The number of rotatable bonds is 3. The molecule has 0 aliphatic carbocycles. The maximum Gasteiger partial charge on any atom is 0.248 e. The summed E-state index contributed by atoms with van der Waals surface area (Å²) in [5.74, 6) is -2.04. The summed E-state index contributed by atoms with van der Waals surface area (Å²) in [5.41, 5.74) is 0.666. The molecule has 0 aromatic heterocycles. The van der Waals surface area contributed by atoms with Gasteiger partial charge in [-0.05, 0) is 35.9 Å². The van der Waals surface area contributed by atoms with Crippen molar-refractivity contribution in [3.8, 4) is 0 Å². The smallest absolute Gasteiger partial charge is 0.248 e. The predicted molar refractivity (Wildman–Crippen MR) is 75.5 cm³/mol. The van der Waals surface area contributed by atoms with E-state index in [4.69, 9.17) is 11.6 Å². The zero-order valence-corrected chi connectivity index (χ0v) is 11.0. The van der Waals surface area contributed by atoms with Crippen LogP contribution in [-0.2, 0) is 4.79 Å². The Morgan fingerprint density at radius 1 is 1.15 bits per heavy atom. The highest BCUT2D eigenvalue weighted by molar-refractivity contribution is 6.30. The molecule has 5 heteroatoms. The van der Waals surface area contributed by atoms with Crippen LogP contribution in [0.15, 0.2) is 48.5 Å². The molecule has 2 aromatic rings. The van der Waals surface area contributed by atoms with Gasteiger partial charge in [-0.2, -0.15) is 0 Å². The van der Waals surface area contributed by atoms with Crippen molar-refractivity contribution in [3.05, 3.63) is 70.8 Å². The monoisotopic (exact) mass is 293 g/mol. The van der Waals surface area contributed by atoms with E-state index < -0.39 is 17.5 Å². The van der Waals surface area contributed by atoms with Crippen LogP contribution in [0.2, 0.25) is 5.02 Å². The first-order valence-corrected chi connectivity index (χ1v) is 6.12. The minimum absolute atomic E-state index is 0.0767. The number of benzene rings is 2. The van der Waals surface area contributed by atoms with Crippen molar-refractivity contribution in [1.82, 2.24) is 0 Å². The number of amides is 1. The van der Waals surface area contributed by atoms with E-state index in [0.717, 1.165) is 17.7 Å². The van der Waals surface area contributed by atoms with Gasteiger partial charge < -0.3 is 5.32 Å².